The third-order valence-electron chi connectivity index (χ3n) is 4.54. The molecule has 0 unspecified atom stereocenters. The van der Waals surface area contributed by atoms with Crippen molar-refractivity contribution in [2.75, 3.05) is 24.1 Å². The van der Waals surface area contributed by atoms with Crippen molar-refractivity contribution in [3.8, 4) is 0 Å². The summed E-state index contributed by atoms with van der Waals surface area (Å²) in [7, 11) is -3.51. The first kappa shape index (κ1) is 18.3. The summed E-state index contributed by atoms with van der Waals surface area (Å²) in [5.74, 6) is 0.576. The number of amides is 1. The highest BCUT2D eigenvalue weighted by Crippen LogP contribution is 2.23. The Morgan fingerprint density at radius 1 is 1.15 bits per heavy atom. The van der Waals surface area contributed by atoms with Gasteiger partial charge in [-0.1, -0.05) is 6.92 Å². The molecule has 1 aromatic heterocycles. The second-order valence-corrected chi connectivity index (χ2v) is 8.47. The molecule has 3 rings (SSSR count). The fraction of sp³-hybridized carbons (Fsp3) is 0.333. The third-order valence-corrected chi connectivity index (χ3v) is 6.45. The third kappa shape index (κ3) is 4.03. The van der Waals surface area contributed by atoms with Gasteiger partial charge in [0.1, 0.15) is 5.82 Å². The quantitative estimate of drug-likeness (QED) is 0.854. The van der Waals surface area contributed by atoms with Gasteiger partial charge in [-0.15, -0.1) is 0 Å². The predicted molar refractivity (Wildman–Crippen MR) is 100 cm³/mol. The fourth-order valence-corrected chi connectivity index (χ4v) is 4.30. The fourth-order valence-electron chi connectivity index (χ4n) is 2.84. The number of rotatable bonds is 4. The molecule has 3 N–H and O–H groups in total. The minimum atomic E-state index is -3.51. The van der Waals surface area contributed by atoms with Crippen molar-refractivity contribution in [2.24, 2.45) is 5.92 Å². The van der Waals surface area contributed by atoms with Gasteiger partial charge in [0.2, 0.25) is 10.0 Å². The van der Waals surface area contributed by atoms with E-state index in [4.69, 9.17) is 5.73 Å². The SMILES string of the molecule is CC1CCN(S(=O)(=O)c2ccc(C(=O)Nc3ccc(N)nc3)cc2)CC1. The van der Waals surface area contributed by atoms with Crippen LogP contribution in [0.1, 0.15) is 30.1 Å². The lowest BCUT2D eigenvalue weighted by molar-refractivity contribution is 0.102. The van der Waals surface area contributed by atoms with E-state index in [1.807, 2.05) is 0 Å². The number of sulfonamides is 1. The molecule has 0 spiro atoms. The molecule has 1 saturated heterocycles. The van der Waals surface area contributed by atoms with Crippen molar-refractivity contribution in [3.05, 3.63) is 48.2 Å². The van der Waals surface area contributed by atoms with E-state index in [-0.39, 0.29) is 10.8 Å². The first-order chi connectivity index (χ1) is 12.4. The molecule has 0 bridgehead atoms. The van der Waals surface area contributed by atoms with Gasteiger partial charge in [0.15, 0.2) is 0 Å². The van der Waals surface area contributed by atoms with Crippen LogP contribution in [0.25, 0.3) is 0 Å². The molecule has 26 heavy (non-hydrogen) atoms. The number of nitrogen functional groups attached to an aromatic ring is 1. The molecule has 1 aliphatic rings. The van der Waals surface area contributed by atoms with Crippen LogP contribution in [0.5, 0.6) is 0 Å². The molecule has 0 radical (unpaired) electrons. The molecule has 1 aromatic carbocycles. The average Bonchev–Trinajstić information content (AvgIpc) is 2.64. The van der Waals surface area contributed by atoms with E-state index in [1.165, 1.54) is 34.8 Å². The van der Waals surface area contributed by atoms with Crippen LogP contribution in [0.3, 0.4) is 0 Å². The van der Waals surface area contributed by atoms with Crippen molar-refractivity contribution in [3.63, 3.8) is 0 Å². The summed E-state index contributed by atoms with van der Waals surface area (Å²) in [5.41, 5.74) is 6.40. The minimum Gasteiger partial charge on any atom is -0.384 e. The molecule has 138 valence electrons. The Morgan fingerprint density at radius 2 is 1.81 bits per heavy atom. The summed E-state index contributed by atoms with van der Waals surface area (Å²) in [6.45, 7) is 3.21. The van der Waals surface area contributed by atoms with Crippen molar-refractivity contribution < 1.29 is 13.2 Å². The number of carbonyl (C=O) groups excluding carboxylic acids is 1. The first-order valence-corrected chi connectivity index (χ1v) is 9.93. The van der Waals surface area contributed by atoms with E-state index in [0.29, 0.717) is 36.1 Å². The van der Waals surface area contributed by atoms with Gasteiger partial charge in [-0.05, 0) is 55.2 Å². The van der Waals surface area contributed by atoms with Crippen molar-refractivity contribution >= 4 is 27.4 Å². The summed E-state index contributed by atoms with van der Waals surface area (Å²) in [4.78, 5) is 16.4. The van der Waals surface area contributed by atoms with Gasteiger partial charge in [-0.3, -0.25) is 4.79 Å². The number of aromatic nitrogens is 1. The van der Waals surface area contributed by atoms with Gasteiger partial charge in [0, 0.05) is 18.7 Å². The topological polar surface area (TPSA) is 105 Å². The minimum absolute atomic E-state index is 0.206. The molecule has 0 aliphatic carbocycles. The van der Waals surface area contributed by atoms with Gasteiger partial charge >= 0.3 is 0 Å². The van der Waals surface area contributed by atoms with Crippen LogP contribution in [0, 0.1) is 5.92 Å². The zero-order valence-electron chi connectivity index (χ0n) is 14.6. The van der Waals surface area contributed by atoms with Crippen LogP contribution in [0.15, 0.2) is 47.5 Å². The standard InChI is InChI=1S/C18H22N4O3S/c1-13-8-10-22(11-9-13)26(24,25)16-5-2-14(3-6-16)18(23)21-15-4-7-17(19)20-12-15/h2-7,12-13H,8-11H2,1H3,(H2,19,20)(H,21,23). The Morgan fingerprint density at radius 3 is 2.38 bits per heavy atom. The monoisotopic (exact) mass is 374 g/mol. The first-order valence-electron chi connectivity index (χ1n) is 8.49. The lowest BCUT2D eigenvalue weighted by Crippen LogP contribution is -2.37. The predicted octanol–water partition coefficient (Wildman–Crippen LogP) is 2.34. The van der Waals surface area contributed by atoms with Crippen molar-refractivity contribution in [1.29, 1.82) is 0 Å². The number of pyridine rings is 1. The Labute approximate surface area is 153 Å². The van der Waals surface area contributed by atoms with E-state index in [0.717, 1.165) is 12.8 Å². The Bertz CT molecular complexity index is 872. The zero-order valence-corrected chi connectivity index (χ0v) is 15.4. The lowest BCUT2D eigenvalue weighted by atomic mass is 10.0. The van der Waals surface area contributed by atoms with Gasteiger partial charge in [-0.25, -0.2) is 13.4 Å². The number of nitrogens with two attached hydrogens (primary N) is 1. The van der Waals surface area contributed by atoms with E-state index in [1.54, 1.807) is 12.1 Å². The highest BCUT2D eigenvalue weighted by Gasteiger charge is 2.28. The van der Waals surface area contributed by atoms with Gasteiger partial charge in [0.05, 0.1) is 16.8 Å². The Balaban J connectivity index is 1.71. The number of piperidine rings is 1. The highest BCUT2D eigenvalue weighted by molar-refractivity contribution is 7.89. The van der Waals surface area contributed by atoms with Crippen LogP contribution < -0.4 is 11.1 Å². The Hall–Kier alpha value is -2.45. The summed E-state index contributed by atoms with van der Waals surface area (Å²) in [6, 6.07) is 9.22. The van der Waals surface area contributed by atoms with Crippen LogP contribution in [-0.4, -0.2) is 36.7 Å². The molecular weight excluding hydrogens is 352 g/mol. The number of nitrogens with one attached hydrogen (secondary N) is 1. The number of hydrogen-bond donors (Lipinski definition) is 2. The molecule has 7 nitrogen and oxygen atoms in total. The smallest absolute Gasteiger partial charge is 0.255 e. The van der Waals surface area contributed by atoms with Crippen LogP contribution in [0.2, 0.25) is 0 Å². The molecular formula is C18H22N4O3S. The van der Waals surface area contributed by atoms with Gasteiger partial charge < -0.3 is 11.1 Å². The van der Waals surface area contributed by atoms with E-state index >= 15 is 0 Å². The summed E-state index contributed by atoms with van der Waals surface area (Å²) < 4.78 is 26.9. The van der Waals surface area contributed by atoms with Crippen molar-refractivity contribution in [1.82, 2.24) is 9.29 Å². The molecule has 2 aromatic rings. The lowest BCUT2D eigenvalue weighted by Gasteiger charge is -2.29. The number of anilines is 2. The van der Waals surface area contributed by atoms with Crippen LogP contribution in [-0.2, 0) is 10.0 Å². The number of hydrogen-bond acceptors (Lipinski definition) is 5. The van der Waals surface area contributed by atoms with Gasteiger partial charge in [0.25, 0.3) is 5.91 Å². The highest BCUT2D eigenvalue weighted by atomic mass is 32.2. The average molecular weight is 374 g/mol. The molecule has 2 heterocycles. The number of nitrogens with zero attached hydrogens (tertiary/aromatic N) is 2. The van der Waals surface area contributed by atoms with E-state index < -0.39 is 10.0 Å². The normalized spacial score (nSPS) is 16.3. The molecule has 0 atom stereocenters. The van der Waals surface area contributed by atoms with E-state index in [9.17, 15) is 13.2 Å². The second kappa shape index (κ2) is 7.43. The maximum atomic E-state index is 12.7. The molecule has 0 saturated carbocycles. The summed E-state index contributed by atoms with van der Waals surface area (Å²) >= 11 is 0. The molecule has 1 fully saturated rings. The van der Waals surface area contributed by atoms with Crippen molar-refractivity contribution in [2.45, 2.75) is 24.7 Å². The summed E-state index contributed by atoms with van der Waals surface area (Å²) in [6.07, 6.45) is 3.20. The zero-order chi connectivity index (χ0) is 18.7. The number of benzene rings is 1. The Kier molecular flexibility index (Phi) is 5.24. The van der Waals surface area contributed by atoms with Gasteiger partial charge in [-0.2, -0.15) is 4.31 Å². The maximum Gasteiger partial charge on any atom is 0.255 e. The van der Waals surface area contributed by atoms with E-state index in [2.05, 4.69) is 17.2 Å². The number of carbonyl (C=O) groups is 1. The van der Waals surface area contributed by atoms with Crippen LogP contribution in [0.4, 0.5) is 11.5 Å². The molecule has 1 aliphatic heterocycles. The largest absolute Gasteiger partial charge is 0.384 e. The second-order valence-electron chi connectivity index (χ2n) is 6.54. The molecule has 1 amide bonds. The maximum absolute atomic E-state index is 12.7. The molecule has 8 heteroatoms. The summed E-state index contributed by atoms with van der Waals surface area (Å²) in [5, 5.41) is 2.69. The van der Waals surface area contributed by atoms with Crippen LogP contribution >= 0.6 is 0 Å².